The first-order valence-electron chi connectivity index (χ1n) is 10.8. The molecule has 1 amide bonds. The van der Waals surface area contributed by atoms with E-state index in [1.165, 1.54) is 19.3 Å². The van der Waals surface area contributed by atoms with Crippen LogP contribution in [-0.2, 0) is 6.42 Å². The second kappa shape index (κ2) is 7.59. The van der Waals surface area contributed by atoms with Gasteiger partial charge in [-0.1, -0.05) is 25.3 Å². The molecule has 0 saturated heterocycles. The van der Waals surface area contributed by atoms with Crippen molar-refractivity contribution < 1.29 is 9.59 Å². The Hall–Kier alpha value is -3.15. The molecule has 0 radical (unpaired) electrons. The Kier molecular flexibility index (Phi) is 4.77. The van der Waals surface area contributed by atoms with E-state index in [2.05, 4.69) is 10.3 Å². The molecule has 0 bridgehead atoms. The van der Waals surface area contributed by atoms with Crippen molar-refractivity contribution in [1.29, 1.82) is 0 Å². The van der Waals surface area contributed by atoms with E-state index in [9.17, 15) is 9.59 Å². The van der Waals surface area contributed by atoms with Crippen LogP contribution in [0.1, 0.15) is 65.8 Å². The Morgan fingerprint density at radius 1 is 1.10 bits per heavy atom. The normalized spacial score (nSPS) is 17.1. The Morgan fingerprint density at radius 3 is 2.73 bits per heavy atom. The van der Waals surface area contributed by atoms with Gasteiger partial charge in [0, 0.05) is 41.0 Å². The summed E-state index contributed by atoms with van der Waals surface area (Å²) in [5.74, 6) is -0.308. The Labute approximate surface area is 175 Å². The number of amides is 1. The zero-order valence-electron chi connectivity index (χ0n) is 17.0. The number of nitrogens with two attached hydrogens (primary N) is 1. The average Bonchev–Trinajstić information content (AvgIpc) is 3.10. The fourth-order valence-corrected chi connectivity index (χ4v) is 5.05. The summed E-state index contributed by atoms with van der Waals surface area (Å²) in [7, 11) is 0. The first-order chi connectivity index (χ1) is 14.6. The Balaban J connectivity index is 1.66. The van der Waals surface area contributed by atoms with E-state index in [0.717, 1.165) is 59.1 Å². The molecule has 6 nitrogen and oxygen atoms in total. The maximum Gasteiger partial charge on any atom is 0.250 e. The minimum atomic E-state index is -0.428. The van der Waals surface area contributed by atoms with E-state index in [-0.39, 0.29) is 5.91 Å². The standard InChI is InChI=1S/C24H26N4O2/c25-24(30)17-10-9-15(13-19(17)27-16-5-2-1-3-6-16)23-18-11-12-26-14-21(18)28-20(23)7-4-8-22(28)29/h9-14,16,27H,1-8H2,(H2,25,30). The van der Waals surface area contributed by atoms with E-state index in [4.69, 9.17) is 5.73 Å². The van der Waals surface area contributed by atoms with Crippen LogP contribution in [0.3, 0.4) is 0 Å². The molecule has 154 valence electrons. The van der Waals surface area contributed by atoms with Gasteiger partial charge in [-0.15, -0.1) is 0 Å². The van der Waals surface area contributed by atoms with Gasteiger partial charge >= 0.3 is 0 Å². The first kappa shape index (κ1) is 18.9. The molecular formula is C24H26N4O2. The van der Waals surface area contributed by atoms with Crippen molar-refractivity contribution in [3.05, 3.63) is 47.9 Å². The van der Waals surface area contributed by atoms with Gasteiger partial charge in [-0.05, 0) is 49.4 Å². The lowest BCUT2D eigenvalue weighted by atomic mass is 9.93. The molecule has 3 N–H and O–H groups in total. The van der Waals surface area contributed by atoms with Crippen LogP contribution in [0.15, 0.2) is 36.7 Å². The van der Waals surface area contributed by atoms with Gasteiger partial charge in [0.2, 0.25) is 5.91 Å². The molecule has 30 heavy (non-hydrogen) atoms. The van der Waals surface area contributed by atoms with Crippen molar-refractivity contribution in [3.8, 4) is 11.1 Å². The number of anilines is 1. The van der Waals surface area contributed by atoms with Crippen LogP contribution in [-0.4, -0.2) is 27.4 Å². The van der Waals surface area contributed by atoms with Gasteiger partial charge in [0.25, 0.3) is 5.91 Å². The van der Waals surface area contributed by atoms with Crippen LogP contribution in [0.25, 0.3) is 22.0 Å². The zero-order chi connectivity index (χ0) is 20.7. The van der Waals surface area contributed by atoms with Gasteiger partial charge in [-0.3, -0.25) is 19.1 Å². The van der Waals surface area contributed by atoms with Gasteiger partial charge < -0.3 is 11.1 Å². The number of fused-ring (bicyclic) bond motifs is 3. The van der Waals surface area contributed by atoms with E-state index in [0.29, 0.717) is 18.0 Å². The molecular weight excluding hydrogens is 376 g/mol. The highest BCUT2D eigenvalue weighted by Gasteiger charge is 2.26. The minimum Gasteiger partial charge on any atom is -0.382 e. The molecule has 0 atom stereocenters. The molecule has 1 fully saturated rings. The van der Waals surface area contributed by atoms with Gasteiger partial charge in [-0.25, -0.2) is 0 Å². The fourth-order valence-electron chi connectivity index (χ4n) is 5.05. The monoisotopic (exact) mass is 402 g/mol. The van der Waals surface area contributed by atoms with E-state index < -0.39 is 5.91 Å². The van der Waals surface area contributed by atoms with Crippen LogP contribution in [0.5, 0.6) is 0 Å². The number of rotatable bonds is 4. The Morgan fingerprint density at radius 2 is 1.93 bits per heavy atom. The van der Waals surface area contributed by atoms with Gasteiger partial charge in [0.05, 0.1) is 17.3 Å². The topological polar surface area (TPSA) is 90.0 Å². The van der Waals surface area contributed by atoms with Crippen molar-refractivity contribution in [2.24, 2.45) is 5.73 Å². The number of carbonyl (C=O) groups is 2. The minimum absolute atomic E-state index is 0.120. The first-order valence-corrected chi connectivity index (χ1v) is 10.8. The molecule has 6 heteroatoms. The maximum absolute atomic E-state index is 12.7. The van der Waals surface area contributed by atoms with Gasteiger partial charge in [-0.2, -0.15) is 0 Å². The molecule has 2 aromatic heterocycles. The summed E-state index contributed by atoms with van der Waals surface area (Å²) in [6, 6.07) is 8.12. The van der Waals surface area contributed by atoms with E-state index in [1.54, 1.807) is 12.4 Å². The number of primary amides is 1. The number of hydrogen-bond donors (Lipinski definition) is 2. The summed E-state index contributed by atoms with van der Waals surface area (Å²) in [5.41, 5.74) is 10.9. The molecule has 1 saturated carbocycles. The van der Waals surface area contributed by atoms with Crippen LogP contribution >= 0.6 is 0 Å². The third-order valence-electron chi connectivity index (χ3n) is 6.46. The molecule has 3 heterocycles. The fraction of sp³-hybridized carbons (Fsp3) is 0.375. The van der Waals surface area contributed by atoms with E-state index in [1.807, 2.05) is 28.8 Å². The van der Waals surface area contributed by atoms with Crippen LogP contribution in [0.2, 0.25) is 0 Å². The number of nitrogens with one attached hydrogen (secondary N) is 1. The van der Waals surface area contributed by atoms with Gasteiger partial charge in [0.15, 0.2) is 0 Å². The smallest absolute Gasteiger partial charge is 0.250 e. The molecule has 0 spiro atoms. The predicted octanol–water partition coefficient (Wildman–Crippen LogP) is 4.52. The molecule has 0 unspecified atom stereocenters. The molecule has 3 aromatic rings. The molecule has 1 aliphatic heterocycles. The van der Waals surface area contributed by atoms with Crippen molar-refractivity contribution in [2.75, 3.05) is 5.32 Å². The van der Waals surface area contributed by atoms with Crippen molar-refractivity contribution in [2.45, 2.75) is 57.4 Å². The third-order valence-corrected chi connectivity index (χ3v) is 6.46. The number of benzene rings is 1. The summed E-state index contributed by atoms with van der Waals surface area (Å²) in [5, 5.41) is 4.60. The highest BCUT2D eigenvalue weighted by molar-refractivity contribution is 6.06. The second-order valence-corrected chi connectivity index (χ2v) is 8.40. The number of aromatic nitrogens is 2. The predicted molar refractivity (Wildman–Crippen MR) is 118 cm³/mol. The van der Waals surface area contributed by atoms with Crippen molar-refractivity contribution >= 4 is 28.4 Å². The number of carbonyl (C=O) groups excluding carboxylic acids is 2. The van der Waals surface area contributed by atoms with Crippen LogP contribution in [0, 0.1) is 0 Å². The molecule has 5 rings (SSSR count). The Bertz CT molecular complexity index is 1140. The summed E-state index contributed by atoms with van der Waals surface area (Å²) in [4.78, 5) is 29.0. The number of pyridine rings is 1. The maximum atomic E-state index is 12.7. The largest absolute Gasteiger partial charge is 0.382 e. The number of nitrogens with zero attached hydrogens (tertiary/aromatic N) is 2. The zero-order valence-corrected chi connectivity index (χ0v) is 17.0. The lowest BCUT2D eigenvalue weighted by Gasteiger charge is -2.25. The average molecular weight is 402 g/mol. The quantitative estimate of drug-likeness (QED) is 0.671. The third kappa shape index (κ3) is 3.16. The van der Waals surface area contributed by atoms with Gasteiger partial charge in [0.1, 0.15) is 0 Å². The summed E-state index contributed by atoms with van der Waals surface area (Å²) >= 11 is 0. The molecule has 1 aromatic carbocycles. The van der Waals surface area contributed by atoms with Crippen LogP contribution in [0.4, 0.5) is 5.69 Å². The summed E-state index contributed by atoms with van der Waals surface area (Å²) in [6.07, 6.45) is 11.7. The second-order valence-electron chi connectivity index (χ2n) is 8.40. The molecule has 2 aliphatic rings. The van der Waals surface area contributed by atoms with Crippen molar-refractivity contribution in [1.82, 2.24) is 9.55 Å². The lowest BCUT2D eigenvalue weighted by molar-refractivity contribution is 0.0889. The van der Waals surface area contributed by atoms with Crippen LogP contribution < -0.4 is 11.1 Å². The SMILES string of the molecule is NC(=O)c1ccc(-c2c3n(c4cnccc24)C(=O)CCC3)cc1NC1CCCCC1. The highest BCUT2D eigenvalue weighted by Crippen LogP contribution is 2.39. The lowest BCUT2D eigenvalue weighted by Crippen LogP contribution is -2.24. The van der Waals surface area contributed by atoms with E-state index >= 15 is 0 Å². The van der Waals surface area contributed by atoms with Crippen molar-refractivity contribution in [3.63, 3.8) is 0 Å². The summed E-state index contributed by atoms with van der Waals surface area (Å²) < 4.78 is 1.83. The highest BCUT2D eigenvalue weighted by atomic mass is 16.2. The molecule has 1 aliphatic carbocycles. The number of hydrogen-bond acceptors (Lipinski definition) is 4. The summed E-state index contributed by atoms with van der Waals surface area (Å²) in [6.45, 7) is 0.